The zero-order valence-electron chi connectivity index (χ0n) is 15.4. The van der Waals surface area contributed by atoms with E-state index in [0.717, 1.165) is 16.7 Å². The van der Waals surface area contributed by atoms with E-state index in [0.29, 0.717) is 13.2 Å². The third-order valence-electron chi connectivity index (χ3n) is 6.80. The molecule has 6 nitrogen and oxygen atoms in total. The van der Waals surface area contributed by atoms with Crippen LogP contribution in [-0.4, -0.2) is 25.0 Å². The quantitative estimate of drug-likeness (QED) is 0.812. The van der Waals surface area contributed by atoms with E-state index in [1.807, 2.05) is 61.5 Å². The minimum atomic E-state index is -1.39. The number of nitriles is 2. The van der Waals surface area contributed by atoms with Crippen LogP contribution in [0.3, 0.4) is 0 Å². The Labute approximate surface area is 162 Å². The highest BCUT2D eigenvalue weighted by molar-refractivity contribution is 5.97. The van der Waals surface area contributed by atoms with E-state index in [-0.39, 0.29) is 5.84 Å². The minimum absolute atomic E-state index is 0.230. The molecule has 3 N–H and O–H groups in total. The molecule has 1 spiro atoms. The number of nitrogens with two attached hydrogens (primary N) is 1. The number of nitrogens with one attached hydrogen (secondary N) is 1. The van der Waals surface area contributed by atoms with E-state index in [2.05, 4.69) is 17.1 Å². The van der Waals surface area contributed by atoms with Crippen LogP contribution < -0.4 is 10.7 Å². The third-order valence-corrected chi connectivity index (χ3v) is 6.80. The topological polar surface area (TPSA) is 106 Å². The molecule has 0 aromatic heterocycles. The molecular formula is C22H19N4O2+. The van der Waals surface area contributed by atoms with Crippen molar-refractivity contribution in [3.63, 3.8) is 0 Å². The Hall–Kier alpha value is -3.19. The lowest BCUT2D eigenvalue weighted by atomic mass is 9.84. The van der Waals surface area contributed by atoms with Gasteiger partial charge in [0.25, 0.3) is 5.84 Å². The lowest BCUT2D eigenvalue weighted by Crippen LogP contribution is -2.90. The predicted octanol–water partition coefficient (Wildman–Crippen LogP) is 0.797. The predicted molar refractivity (Wildman–Crippen MR) is 100 cm³/mol. The maximum Gasteiger partial charge on any atom is 0.343 e. The zero-order chi connectivity index (χ0) is 19.6. The molecule has 1 aliphatic carbocycles. The molecule has 0 radical (unpaired) electrons. The molecule has 2 aromatic carbocycles. The average Bonchev–Trinajstić information content (AvgIpc) is 3.00. The van der Waals surface area contributed by atoms with Crippen molar-refractivity contribution in [1.29, 1.82) is 10.5 Å². The van der Waals surface area contributed by atoms with Crippen LogP contribution >= 0.6 is 0 Å². The lowest BCUT2D eigenvalue weighted by Gasteiger charge is -2.27. The highest BCUT2D eigenvalue weighted by Crippen LogP contribution is 2.82. The molecule has 1 saturated heterocycles. The fourth-order valence-electron chi connectivity index (χ4n) is 5.42. The number of ether oxygens (including phenoxy) is 2. The number of benzene rings is 2. The van der Waals surface area contributed by atoms with Crippen LogP contribution in [-0.2, 0) is 14.9 Å². The molecule has 2 aliphatic heterocycles. The first-order valence-corrected chi connectivity index (χ1v) is 9.20. The van der Waals surface area contributed by atoms with Crippen molar-refractivity contribution in [2.24, 2.45) is 16.6 Å². The fourth-order valence-corrected chi connectivity index (χ4v) is 5.42. The Morgan fingerprint density at radius 1 is 0.929 bits per heavy atom. The van der Waals surface area contributed by atoms with E-state index in [9.17, 15) is 10.5 Å². The molecule has 6 heteroatoms. The van der Waals surface area contributed by atoms with Gasteiger partial charge in [0, 0.05) is 0 Å². The number of fused-ring (bicyclic) bond motifs is 2. The summed E-state index contributed by atoms with van der Waals surface area (Å²) >= 11 is 0. The van der Waals surface area contributed by atoms with Gasteiger partial charge in [0.15, 0.2) is 10.8 Å². The van der Waals surface area contributed by atoms with Crippen LogP contribution in [0.1, 0.15) is 12.5 Å². The summed E-state index contributed by atoms with van der Waals surface area (Å²) in [5.74, 6) is -1.16. The van der Waals surface area contributed by atoms with Crippen LogP contribution in [0.2, 0.25) is 0 Å². The van der Waals surface area contributed by atoms with E-state index in [1.165, 1.54) is 0 Å². The van der Waals surface area contributed by atoms with E-state index < -0.39 is 22.2 Å². The Morgan fingerprint density at radius 2 is 1.54 bits per heavy atom. The second-order valence-corrected chi connectivity index (χ2v) is 7.64. The molecule has 2 heterocycles. The highest BCUT2D eigenvalue weighted by Gasteiger charge is 3.03. The molecule has 138 valence electrons. The summed E-state index contributed by atoms with van der Waals surface area (Å²) in [6.07, 6.45) is 0. The van der Waals surface area contributed by atoms with Gasteiger partial charge in [0.05, 0.1) is 30.8 Å². The Kier molecular flexibility index (Phi) is 3.15. The van der Waals surface area contributed by atoms with E-state index in [1.54, 1.807) is 0 Å². The molecule has 3 atom stereocenters. The van der Waals surface area contributed by atoms with Gasteiger partial charge in [-0.3, -0.25) is 5.73 Å². The largest absolute Gasteiger partial charge is 0.343 e. The van der Waals surface area contributed by atoms with Crippen molar-refractivity contribution < 1.29 is 14.5 Å². The van der Waals surface area contributed by atoms with Crippen LogP contribution in [0.4, 0.5) is 0 Å². The minimum Gasteiger partial charge on any atom is -0.311 e. The number of nitrogens with zero attached hydrogens (tertiary/aromatic N) is 2. The van der Waals surface area contributed by atoms with Crippen molar-refractivity contribution >= 4 is 5.84 Å². The number of rotatable bonds is 2. The highest BCUT2D eigenvalue weighted by atomic mass is 16.8. The Bertz CT molecular complexity index is 1080. The summed E-state index contributed by atoms with van der Waals surface area (Å²) in [6.45, 7) is 2.58. The molecule has 0 bridgehead atoms. The summed E-state index contributed by atoms with van der Waals surface area (Å²) in [7, 11) is 0. The number of amidine groups is 1. The smallest absolute Gasteiger partial charge is 0.311 e. The molecule has 1 saturated carbocycles. The van der Waals surface area contributed by atoms with Gasteiger partial charge in [-0.1, -0.05) is 61.5 Å². The van der Waals surface area contributed by atoms with Gasteiger partial charge in [-0.25, -0.2) is 4.99 Å². The fraction of sp³-hybridized carbons (Fsp3) is 0.318. The van der Waals surface area contributed by atoms with Gasteiger partial charge in [-0.15, -0.1) is 0 Å². The summed E-state index contributed by atoms with van der Waals surface area (Å²) in [4.78, 5) is 2.98. The third kappa shape index (κ3) is 1.51. The second kappa shape index (κ2) is 5.20. The molecule has 0 unspecified atom stereocenters. The molecule has 0 amide bonds. The summed E-state index contributed by atoms with van der Waals surface area (Å²) in [5.41, 5.74) is 5.95. The summed E-state index contributed by atoms with van der Waals surface area (Å²) in [5, 5.41) is 20.4. The Morgan fingerprint density at radius 3 is 2.11 bits per heavy atom. The number of hydrogen-bond donors (Lipinski definition) is 2. The van der Waals surface area contributed by atoms with E-state index in [4.69, 9.17) is 15.2 Å². The van der Waals surface area contributed by atoms with Gasteiger partial charge in [0.1, 0.15) is 0 Å². The van der Waals surface area contributed by atoms with Crippen molar-refractivity contribution in [3.8, 4) is 23.3 Å². The summed E-state index contributed by atoms with van der Waals surface area (Å²) in [6, 6.07) is 22.7. The van der Waals surface area contributed by atoms with Gasteiger partial charge >= 0.3 is 5.91 Å². The van der Waals surface area contributed by atoms with Gasteiger partial charge < -0.3 is 9.47 Å². The van der Waals surface area contributed by atoms with E-state index >= 15 is 0 Å². The SMILES string of the molecule is C[C@@]1(c2ccc(-c3ccccc3)cc2)[C@]2(C#N)C(N)=[NH+]C3(OCCO3)[C@@]21C#N. The molecule has 2 fully saturated rings. The average molecular weight is 371 g/mol. The number of hydrogen-bond acceptors (Lipinski definition) is 5. The first-order chi connectivity index (χ1) is 13.5. The lowest BCUT2D eigenvalue weighted by molar-refractivity contribution is -0.677. The first kappa shape index (κ1) is 16.9. The van der Waals surface area contributed by atoms with Crippen LogP contribution in [0.15, 0.2) is 54.6 Å². The normalized spacial score (nSPS) is 34.3. The zero-order valence-corrected chi connectivity index (χ0v) is 15.4. The van der Waals surface area contributed by atoms with Crippen molar-refractivity contribution in [2.75, 3.05) is 13.2 Å². The van der Waals surface area contributed by atoms with Crippen molar-refractivity contribution in [2.45, 2.75) is 18.2 Å². The van der Waals surface area contributed by atoms with Crippen molar-refractivity contribution in [1.82, 2.24) is 0 Å². The molecule has 5 rings (SSSR count). The van der Waals surface area contributed by atoms with Gasteiger partial charge in [0.2, 0.25) is 0 Å². The van der Waals surface area contributed by atoms with Gasteiger partial charge in [-0.2, -0.15) is 10.5 Å². The van der Waals surface area contributed by atoms with Crippen LogP contribution in [0.5, 0.6) is 0 Å². The Balaban J connectivity index is 1.65. The van der Waals surface area contributed by atoms with Crippen LogP contribution in [0.25, 0.3) is 11.1 Å². The van der Waals surface area contributed by atoms with Gasteiger partial charge in [-0.05, 0) is 16.7 Å². The van der Waals surface area contributed by atoms with Crippen LogP contribution in [0, 0.1) is 33.5 Å². The molecule has 3 aliphatic rings. The monoisotopic (exact) mass is 371 g/mol. The summed E-state index contributed by atoms with van der Waals surface area (Å²) < 4.78 is 11.7. The van der Waals surface area contributed by atoms with Crippen molar-refractivity contribution in [3.05, 3.63) is 60.2 Å². The maximum absolute atomic E-state index is 10.3. The molecule has 28 heavy (non-hydrogen) atoms. The standard InChI is InChI=1S/C22H18N4O2/c1-19(17-9-7-16(8-10-17)15-5-3-2-4-6-15)20(13-23)18(25)26-22(21(19,20)14-24)27-11-12-28-22/h2-10H,11-12H2,1H3,(H2,25,26)/p+1/t19-,20+,21-/m1/s1. The maximum atomic E-state index is 10.3. The molecular weight excluding hydrogens is 352 g/mol. The molecule has 2 aromatic rings. The first-order valence-electron chi connectivity index (χ1n) is 9.20. The second-order valence-electron chi connectivity index (χ2n) is 7.64.